The van der Waals surface area contributed by atoms with Crippen LogP contribution in [0.1, 0.15) is 0 Å². The lowest BCUT2D eigenvalue weighted by Crippen LogP contribution is -1.72. The Morgan fingerprint density at radius 3 is 1.93 bits per heavy atom. The molecule has 0 nitrogen and oxygen atoms in total. The van der Waals surface area contributed by atoms with Crippen LogP contribution in [0.25, 0.3) is 0 Å². The van der Waals surface area contributed by atoms with Gasteiger partial charge in [0.05, 0.1) is 0 Å². The van der Waals surface area contributed by atoms with Gasteiger partial charge in [0.2, 0.25) is 0 Å². The zero-order valence-corrected chi connectivity index (χ0v) is 9.88. The lowest BCUT2D eigenvalue weighted by molar-refractivity contribution is 1.40. The smallest absolute Gasteiger partial charge is 0.0176 e. The first kappa shape index (κ1) is 9.81. The van der Waals surface area contributed by atoms with Crippen LogP contribution in [0.15, 0.2) is 68.9 Å². The van der Waals surface area contributed by atoms with Crippen LogP contribution in [-0.2, 0) is 0 Å². The van der Waals surface area contributed by atoms with Gasteiger partial charge in [-0.2, -0.15) is 0 Å². The molecule has 2 aromatic carbocycles. The van der Waals surface area contributed by atoms with Crippen molar-refractivity contribution in [3.8, 4) is 0 Å². The minimum Gasteiger partial charge on any atom is -0.0901 e. The molecule has 2 aromatic rings. The number of benzene rings is 2. The van der Waals surface area contributed by atoms with Gasteiger partial charge in [-0.05, 0) is 36.4 Å². The second-order valence-corrected chi connectivity index (χ2v) is 4.93. The lowest BCUT2D eigenvalue weighted by atomic mass is 10.4. The van der Waals surface area contributed by atoms with Crippen molar-refractivity contribution in [3.63, 3.8) is 0 Å². The highest BCUT2D eigenvalue weighted by atomic mass is 79.9. The highest BCUT2D eigenvalue weighted by Crippen LogP contribution is 2.27. The van der Waals surface area contributed by atoms with Crippen molar-refractivity contribution in [2.75, 3.05) is 0 Å². The van der Waals surface area contributed by atoms with E-state index in [4.69, 9.17) is 0 Å². The van der Waals surface area contributed by atoms with Crippen LogP contribution in [-0.4, -0.2) is 0 Å². The topological polar surface area (TPSA) is 0 Å². The predicted molar refractivity (Wildman–Crippen MR) is 64.7 cm³/mol. The summed E-state index contributed by atoms with van der Waals surface area (Å²) in [6.45, 7) is 0. The molecule has 0 amide bonds. The molecule has 0 spiro atoms. The molecule has 0 aliphatic rings. The predicted octanol–water partition coefficient (Wildman–Crippen LogP) is 4.60. The second kappa shape index (κ2) is 4.67. The molecule has 0 bridgehead atoms. The fourth-order valence-electron chi connectivity index (χ4n) is 1.13. The maximum atomic E-state index is 3.42. The molecule has 0 radical (unpaired) electrons. The van der Waals surface area contributed by atoms with Gasteiger partial charge in [0, 0.05) is 14.3 Å². The van der Waals surface area contributed by atoms with E-state index in [0.29, 0.717) is 0 Å². The van der Waals surface area contributed by atoms with Crippen LogP contribution in [0.2, 0.25) is 0 Å². The van der Waals surface area contributed by atoms with Gasteiger partial charge in [-0.15, -0.1) is 0 Å². The average Bonchev–Trinajstić information content (AvgIpc) is 2.23. The van der Waals surface area contributed by atoms with Gasteiger partial charge in [-0.25, -0.2) is 0 Å². The van der Waals surface area contributed by atoms with E-state index in [0.717, 1.165) is 4.47 Å². The van der Waals surface area contributed by atoms with Crippen molar-refractivity contribution >= 4 is 27.7 Å². The van der Waals surface area contributed by atoms with Crippen molar-refractivity contribution in [3.05, 3.63) is 59.1 Å². The Hall–Kier alpha value is -0.730. The number of halogens is 1. The van der Waals surface area contributed by atoms with Crippen molar-refractivity contribution in [2.45, 2.75) is 9.79 Å². The first-order chi connectivity index (χ1) is 6.84. The quantitative estimate of drug-likeness (QED) is 0.764. The standard InChI is InChI=1S/C12H9BrS/c13-10-6-8-12(9-7-10)14-11-4-2-1-3-5-11/h1-9H. The second-order valence-electron chi connectivity index (χ2n) is 2.87. The summed E-state index contributed by atoms with van der Waals surface area (Å²) in [5, 5.41) is 0. The monoisotopic (exact) mass is 264 g/mol. The van der Waals surface area contributed by atoms with Crippen molar-refractivity contribution in [1.29, 1.82) is 0 Å². The van der Waals surface area contributed by atoms with Gasteiger partial charge in [0.25, 0.3) is 0 Å². The average molecular weight is 265 g/mol. The summed E-state index contributed by atoms with van der Waals surface area (Å²) in [6, 6.07) is 18.7. The van der Waals surface area contributed by atoms with Crippen molar-refractivity contribution < 1.29 is 0 Å². The van der Waals surface area contributed by atoms with E-state index < -0.39 is 0 Å². The summed E-state index contributed by atoms with van der Waals surface area (Å²) in [5.41, 5.74) is 0. The Kier molecular flexibility index (Phi) is 3.27. The molecule has 70 valence electrons. The van der Waals surface area contributed by atoms with E-state index in [1.54, 1.807) is 11.8 Å². The summed E-state index contributed by atoms with van der Waals surface area (Å²) >= 11 is 5.20. The van der Waals surface area contributed by atoms with E-state index in [1.807, 2.05) is 6.07 Å². The normalized spacial score (nSPS) is 10.1. The maximum absolute atomic E-state index is 3.42. The minimum absolute atomic E-state index is 1.12. The van der Waals surface area contributed by atoms with Gasteiger partial charge in [-0.3, -0.25) is 0 Å². The number of hydrogen-bond donors (Lipinski definition) is 0. The van der Waals surface area contributed by atoms with Crippen LogP contribution < -0.4 is 0 Å². The van der Waals surface area contributed by atoms with Crippen molar-refractivity contribution in [1.82, 2.24) is 0 Å². The zero-order chi connectivity index (χ0) is 9.80. The highest BCUT2D eigenvalue weighted by Gasteiger charge is 1.95. The lowest BCUT2D eigenvalue weighted by Gasteiger charge is -2.00. The summed E-state index contributed by atoms with van der Waals surface area (Å²) in [7, 11) is 0. The van der Waals surface area contributed by atoms with E-state index in [1.165, 1.54) is 9.79 Å². The molecule has 2 rings (SSSR count). The third-order valence-electron chi connectivity index (χ3n) is 1.79. The van der Waals surface area contributed by atoms with Crippen LogP contribution >= 0.6 is 27.7 Å². The molecular weight excluding hydrogens is 256 g/mol. The maximum Gasteiger partial charge on any atom is 0.0176 e. The fraction of sp³-hybridized carbons (Fsp3) is 0. The van der Waals surface area contributed by atoms with Gasteiger partial charge in [0.1, 0.15) is 0 Å². The highest BCUT2D eigenvalue weighted by molar-refractivity contribution is 9.10. The Labute approximate surface area is 96.5 Å². The van der Waals surface area contributed by atoms with E-state index in [-0.39, 0.29) is 0 Å². The Bertz CT molecular complexity index is 394. The Morgan fingerprint density at radius 2 is 1.29 bits per heavy atom. The van der Waals surface area contributed by atoms with Crippen LogP contribution in [0.4, 0.5) is 0 Å². The first-order valence-electron chi connectivity index (χ1n) is 4.33. The van der Waals surface area contributed by atoms with Crippen LogP contribution in [0.3, 0.4) is 0 Å². The molecular formula is C12H9BrS. The summed E-state index contributed by atoms with van der Waals surface area (Å²) in [5.74, 6) is 0. The van der Waals surface area contributed by atoms with Crippen molar-refractivity contribution in [2.24, 2.45) is 0 Å². The molecule has 0 aliphatic carbocycles. The summed E-state index contributed by atoms with van der Waals surface area (Å²) in [6.07, 6.45) is 0. The number of rotatable bonds is 2. The number of hydrogen-bond acceptors (Lipinski definition) is 1. The molecule has 0 saturated carbocycles. The Balaban J connectivity index is 2.16. The molecule has 14 heavy (non-hydrogen) atoms. The molecule has 0 N–H and O–H groups in total. The molecule has 0 heterocycles. The molecule has 0 atom stereocenters. The molecule has 0 saturated heterocycles. The summed E-state index contributed by atoms with van der Waals surface area (Å²) < 4.78 is 1.12. The molecule has 0 aromatic heterocycles. The van der Waals surface area contributed by atoms with Gasteiger partial charge >= 0.3 is 0 Å². The summed E-state index contributed by atoms with van der Waals surface area (Å²) in [4.78, 5) is 2.54. The zero-order valence-electron chi connectivity index (χ0n) is 7.48. The van der Waals surface area contributed by atoms with Gasteiger partial charge < -0.3 is 0 Å². The molecule has 2 heteroatoms. The van der Waals surface area contributed by atoms with E-state index in [2.05, 4.69) is 64.5 Å². The Morgan fingerprint density at radius 1 is 0.714 bits per heavy atom. The largest absolute Gasteiger partial charge is 0.0901 e. The fourth-order valence-corrected chi connectivity index (χ4v) is 2.23. The minimum atomic E-state index is 1.12. The molecule has 0 unspecified atom stereocenters. The van der Waals surface area contributed by atoms with E-state index in [9.17, 15) is 0 Å². The van der Waals surface area contributed by atoms with Gasteiger partial charge in [-0.1, -0.05) is 45.9 Å². The SMILES string of the molecule is Brc1ccc(Sc2ccccc2)cc1. The van der Waals surface area contributed by atoms with Crippen LogP contribution in [0, 0.1) is 0 Å². The molecule has 0 aliphatic heterocycles. The van der Waals surface area contributed by atoms with Crippen LogP contribution in [0.5, 0.6) is 0 Å². The van der Waals surface area contributed by atoms with Gasteiger partial charge in [0.15, 0.2) is 0 Å². The molecule has 0 fully saturated rings. The van der Waals surface area contributed by atoms with E-state index >= 15 is 0 Å². The third kappa shape index (κ3) is 2.63. The first-order valence-corrected chi connectivity index (χ1v) is 5.94. The third-order valence-corrected chi connectivity index (χ3v) is 3.34.